The van der Waals surface area contributed by atoms with Crippen LogP contribution in [0.15, 0.2) is 52.3 Å². The summed E-state index contributed by atoms with van der Waals surface area (Å²) < 4.78 is 42.9. The van der Waals surface area contributed by atoms with Gasteiger partial charge in [-0.2, -0.15) is 0 Å². The number of ether oxygens (including phenoxy) is 1. The Morgan fingerprint density at radius 1 is 1.00 bits per heavy atom. The molecule has 0 aromatic heterocycles. The highest BCUT2D eigenvalue weighted by Crippen LogP contribution is 2.25. The maximum Gasteiger partial charge on any atom is 0.206 e. The molecule has 0 fully saturated rings. The average molecular weight is 280 g/mol. The Bertz CT molecular complexity index is 691. The average Bonchev–Trinajstić information content (AvgIpc) is 2.39. The van der Waals surface area contributed by atoms with Crippen molar-refractivity contribution in [1.29, 1.82) is 0 Å². The largest absolute Gasteiger partial charge is 0.494 e. The van der Waals surface area contributed by atoms with Gasteiger partial charge in [0, 0.05) is 0 Å². The van der Waals surface area contributed by atoms with Crippen LogP contribution in [0.1, 0.15) is 5.56 Å². The van der Waals surface area contributed by atoms with Gasteiger partial charge < -0.3 is 4.74 Å². The van der Waals surface area contributed by atoms with Crippen molar-refractivity contribution in [3.8, 4) is 5.75 Å². The van der Waals surface area contributed by atoms with Crippen LogP contribution in [0.4, 0.5) is 4.39 Å². The number of hydrogen-bond acceptors (Lipinski definition) is 3. The van der Waals surface area contributed by atoms with Gasteiger partial charge in [-0.1, -0.05) is 17.7 Å². The van der Waals surface area contributed by atoms with Gasteiger partial charge in [0.05, 0.1) is 16.9 Å². The molecule has 3 nitrogen and oxygen atoms in total. The first-order valence-corrected chi connectivity index (χ1v) is 7.09. The molecule has 5 heteroatoms. The lowest BCUT2D eigenvalue weighted by atomic mass is 10.2. The summed E-state index contributed by atoms with van der Waals surface area (Å²) in [5.74, 6) is -0.682. The molecule has 0 aliphatic rings. The summed E-state index contributed by atoms with van der Waals surface area (Å²) in [6, 6.07) is 10.0. The van der Waals surface area contributed by atoms with Gasteiger partial charge in [0.25, 0.3) is 0 Å². The van der Waals surface area contributed by atoms with E-state index in [0.29, 0.717) is 0 Å². The van der Waals surface area contributed by atoms with Gasteiger partial charge >= 0.3 is 0 Å². The van der Waals surface area contributed by atoms with Crippen LogP contribution in [0.3, 0.4) is 0 Å². The lowest BCUT2D eigenvalue weighted by Gasteiger charge is -2.07. The van der Waals surface area contributed by atoms with E-state index in [4.69, 9.17) is 4.74 Å². The lowest BCUT2D eigenvalue weighted by molar-refractivity contribution is 0.385. The highest BCUT2D eigenvalue weighted by molar-refractivity contribution is 7.91. The zero-order valence-corrected chi connectivity index (χ0v) is 11.4. The number of sulfone groups is 1. The van der Waals surface area contributed by atoms with Crippen LogP contribution in [-0.4, -0.2) is 15.5 Å². The molecule has 0 saturated heterocycles. The van der Waals surface area contributed by atoms with E-state index in [1.165, 1.54) is 31.4 Å². The molecule has 0 N–H and O–H groups in total. The Kier molecular flexibility index (Phi) is 3.57. The number of methoxy groups -OCH3 is 1. The number of rotatable bonds is 3. The summed E-state index contributed by atoms with van der Waals surface area (Å²) in [7, 11) is -2.37. The molecule has 0 bridgehead atoms. The first-order chi connectivity index (χ1) is 8.95. The van der Waals surface area contributed by atoms with Crippen LogP contribution in [0.2, 0.25) is 0 Å². The molecule has 0 unspecified atom stereocenters. The SMILES string of the molecule is COc1ccc(S(=O)(=O)c2ccc(C)cc2)cc1F. The number of aryl methyl sites for hydroxylation is 1. The lowest BCUT2D eigenvalue weighted by Crippen LogP contribution is -2.03. The highest BCUT2D eigenvalue weighted by atomic mass is 32.2. The molecule has 0 heterocycles. The first-order valence-electron chi connectivity index (χ1n) is 5.60. The standard InChI is InChI=1S/C14H13FO3S/c1-10-3-5-11(6-4-10)19(16,17)12-7-8-14(18-2)13(15)9-12/h3-9H,1-2H3. The van der Waals surface area contributed by atoms with Gasteiger partial charge in [-0.25, -0.2) is 12.8 Å². The number of hydrogen-bond donors (Lipinski definition) is 0. The van der Waals surface area contributed by atoms with Gasteiger partial charge in [-0.3, -0.25) is 0 Å². The third-order valence-electron chi connectivity index (χ3n) is 2.76. The summed E-state index contributed by atoms with van der Waals surface area (Å²) in [6.45, 7) is 1.86. The Hall–Kier alpha value is -1.88. The van der Waals surface area contributed by atoms with E-state index in [-0.39, 0.29) is 15.5 Å². The molecule has 2 rings (SSSR count). The van der Waals surface area contributed by atoms with E-state index in [1.54, 1.807) is 12.1 Å². The van der Waals surface area contributed by atoms with Crippen LogP contribution in [0.25, 0.3) is 0 Å². The van der Waals surface area contributed by atoms with Crippen LogP contribution in [0.5, 0.6) is 5.75 Å². The second kappa shape index (κ2) is 5.01. The van der Waals surface area contributed by atoms with Crippen LogP contribution in [0, 0.1) is 12.7 Å². The van der Waals surface area contributed by atoms with Crippen molar-refractivity contribution in [2.24, 2.45) is 0 Å². The van der Waals surface area contributed by atoms with Gasteiger partial charge in [0.15, 0.2) is 11.6 Å². The number of benzene rings is 2. The fourth-order valence-electron chi connectivity index (χ4n) is 1.67. The minimum Gasteiger partial charge on any atom is -0.494 e. The molecule has 2 aromatic rings. The third kappa shape index (κ3) is 2.61. The van der Waals surface area contributed by atoms with Crippen molar-refractivity contribution in [2.75, 3.05) is 7.11 Å². The van der Waals surface area contributed by atoms with Crippen LogP contribution >= 0.6 is 0 Å². The third-order valence-corrected chi connectivity index (χ3v) is 4.53. The topological polar surface area (TPSA) is 43.4 Å². The molecular formula is C14H13FO3S. The first kappa shape index (κ1) is 13.5. The Labute approximate surface area is 111 Å². The van der Waals surface area contributed by atoms with Gasteiger partial charge in [0.1, 0.15) is 0 Å². The Morgan fingerprint density at radius 2 is 1.58 bits per heavy atom. The smallest absolute Gasteiger partial charge is 0.206 e. The van der Waals surface area contributed by atoms with Gasteiger partial charge in [0.2, 0.25) is 9.84 Å². The van der Waals surface area contributed by atoms with E-state index in [0.717, 1.165) is 11.6 Å². The molecule has 100 valence electrons. The predicted octanol–water partition coefficient (Wildman–Crippen LogP) is 2.98. The zero-order chi connectivity index (χ0) is 14.0. The molecule has 0 saturated carbocycles. The normalized spacial score (nSPS) is 11.3. The van der Waals surface area contributed by atoms with E-state index < -0.39 is 15.7 Å². The zero-order valence-electron chi connectivity index (χ0n) is 10.6. The predicted molar refractivity (Wildman–Crippen MR) is 69.6 cm³/mol. The molecule has 2 aromatic carbocycles. The molecule has 0 spiro atoms. The molecule has 0 radical (unpaired) electrons. The van der Waals surface area contributed by atoms with Crippen molar-refractivity contribution >= 4 is 9.84 Å². The summed E-state index contributed by atoms with van der Waals surface area (Å²) >= 11 is 0. The summed E-state index contributed by atoms with van der Waals surface area (Å²) in [5.41, 5.74) is 0.958. The van der Waals surface area contributed by atoms with Crippen molar-refractivity contribution in [3.05, 3.63) is 53.8 Å². The molecule has 0 aliphatic carbocycles. The van der Waals surface area contributed by atoms with Crippen molar-refractivity contribution < 1.29 is 17.5 Å². The number of halogens is 1. The second-order valence-corrected chi connectivity index (χ2v) is 6.06. The van der Waals surface area contributed by atoms with Gasteiger partial charge in [-0.05, 0) is 37.3 Å². The van der Waals surface area contributed by atoms with E-state index in [2.05, 4.69) is 0 Å². The second-order valence-electron chi connectivity index (χ2n) is 4.11. The van der Waals surface area contributed by atoms with E-state index in [9.17, 15) is 12.8 Å². The van der Waals surface area contributed by atoms with Crippen molar-refractivity contribution in [2.45, 2.75) is 16.7 Å². The Balaban J connectivity index is 2.50. The maximum atomic E-state index is 13.6. The molecule has 0 amide bonds. The fraction of sp³-hybridized carbons (Fsp3) is 0.143. The summed E-state index contributed by atoms with van der Waals surface area (Å²) in [5, 5.41) is 0. The fourth-order valence-corrected chi connectivity index (χ4v) is 2.94. The van der Waals surface area contributed by atoms with Crippen LogP contribution < -0.4 is 4.74 Å². The van der Waals surface area contributed by atoms with E-state index in [1.807, 2.05) is 6.92 Å². The molecular weight excluding hydrogens is 267 g/mol. The monoisotopic (exact) mass is 280 g/mol. The van der Waals surface area contributed by atoms with Crippen LogP contribution in [-0.2, 0) is 9.84 Å². The molecule has 19 heavy (non-hydrogen) atoms. The minimum absolute atomic E-state index is 0.0165. The summed E-state index contributed by atoms with van der Waals surface area (Å²) in [6.07, 6.45) is 0. The summed E-state index contributed by atoms with van der Waals surface area (Å²) in [4.78, 5) is 0.0531. The van der Waals surface area contributed by atoms with E-state index >= 15 is 0 Å². The molecule has 0 aliphatic heterocycles. The highest BCUT2D eigenvalue weighted by Gasteiger charge is 2.19. The maximum absolute atomic E-state index is 13.6. The minimum atomic E-state index is -3.70. The molecule has 0 atom stereocenters. The van der Waals surface area contributed by atoms with Gasteiger partial charge in [-0.15, -0.1) is 0 Å². The van der Waals surface area contributed by atoms with Crippen molar-refractivity contribution in [3.63, 3.8) is 0 Å². The Morgan fingerprint density at radius 3 is 2.11 bits per heavy atom. The quantitative estimate of drug-likeness (QED) is 0.868. The van der Waals surface area contributed by atoms with Crippen molar-refractivity contribution in [1.82, 2.24) is 0 Å².